The third-order valence-corrected chi connectivity index (χ3v) is 4.45. The molecule has 1 unspecified atom stereocenters. The van der Waals surface area contributed by atoms with E-state index in [9.17, 15) is 0 Å². The van der Waals surface area contributed by atoms with E-state index >= 15 is 0 Å². The summed E-state index contributed by atoms with van der Waals surface area (Å²) in [5.41, 5.74) is 2.45. The topological polar surface area (TPSA) is 12.9 Å². The Hall–Kier alpha value is -1.15. The highest BCUT2D eigenvalue weighted by molar-refractivity contribution is 7.12. The van der Waals surface area contributed by atoms with Crippen LogP contribution in [0.4, 0.5) is 0 Å². The molecular formula is C16H21NS. The maximum atomic E-state index is 4.73. The number of aryl methyl sites for hydroxylation is 1. The first-order valence-corrected chi connectivity index (χ1v) is 7.56. The molecule has 1 heterocycles. The summed E-state index contributed by atoms with van der Waals surface area (Å²) < 4.78 is 0. The number of unbranched alkanes of at least 4 members (excludes halogenated alkanes) is 1. The monoisotopic (exact) mass is 259 g/mol. The first kappa shape index (κ1) is 13.3. The molecule has 0 aliphatic heterocycles. The van der Waals surface area contributed by atoms with Gasteiger partial charge < -0.3 is 0 Å². The van der Waals surface area contributed by atoms with Gasteiger partial charge in [-0.15, -0.1) is 11.3 Å². The van der Waals surface area contributed by atoms with Gasteiger partial charge in [0.15, 0.2) is 0 Å². The van der Waals surface area contributed by atoms with Gasteiger partial charge in [-0.25, -0.2) is 4.98 Å². The Balaban J connectivity index is 2.31. The number of nitrogens with zero attached hydrogens (tertiary/aromatic N) is 1. The van der Waals surface area contributed by atoms with Gasteiger partial charge in [-0.05, 0) is 19.3 Å². The van der Waals surface area contributed by atoms with Crippen molar-refractivity contribution in [2.75, 3.05) is 0 Å². The Bertz CT molecular complexity index is 487. The number of rotatable bonds is 5. The van der Waals surface area contributed by atoms with Crippen molar-refractivity contribution >= 4 is 11.3 Å². The van der Waals surface area contributed by atoms with E-state index in [1.165, 1.54) is 40.4 Å². The largest absolute Gasteiger partial charge is 0.241 e. The molecule has 0 aliphatic rings. The zero-order valence-corrected chi connectivity index (χ0v) is 12.3. The van der Waals surface area contributed by atoms with Crippen LogP contribution < -0.4 is 0 Å². The van der Waals surface area contributed by atoms with E-state index in [1.54, 1.807) is 0 Å². The maximum absolute atomic E-state index is 4.73. The number of thiazole rings is 1. The lowest BCUT2D eigenvalue weighted by Crippen LogP contribution is -1.93. The lowest BCUT2D eigenvalue weighted by atomic mass is 9.99. The van der Waals surface area contributed by atoms with E-state index in [-0.39, 0.29) is 0 Å². The van der Waals surface area contributed by atoms with Crippen molar-refractivity contribution in [1.29, 1.82) is 0 Å². The van der Waals surface area contributed by atoms with Crippen LogP contribution in [-0.4, -0.2) is 4.98 Å². The normalized spacial score (nSPS) is 12.6. The van der Waals surface area contributed by atoms with Crippen LogP contribution in [0.2, 0.25) is 0 Å². The molecule has 1 atom stereocenters. The highest BCUT2D eigenvalue weighted by atomic mass is 32.1. The predicted octanol–water partition coefficient (Wildman–Crippen LogP) is 5.41. The van der Waals surface area contributed by atoms with Crippen molar-refractivity contribution in [3.63, 3.8) is 0 Å². The van der Waals surface area contributed by atoms with Crippen LogP contribution in [0.25, 0.3) is 11.3 Å². The molecule has 1 aromatic heterocycles. The van der Waals surface area contributed by atoms with Crippen LogP contribution in [-0.2, 0) is 0 Å². The van der Waals surface area contributed by atoms with Gasteiger partial charge in [-0.2, -0.15) is 0 Å². The first-order valence-electron chi connectivity index (χ1n) is 6.75. The minimum Gasteiger partial charge on any atom is -0.241 e. The van der Waals surface area contributed by atoms with Crippen LogP contribution >= 0.6 is 11.3 Å². The summed E-state index contributed by atoms with van der Waals surface area (Å²) in [5, 5.41) is 1.17. The molecule has 18 heavy (non-hydrogen) atoms. The second-order valence-electron chi connectivity index (χ2n) is 4.86. The van der Waals surface area contributed by atoms with Crippen molar-refractivity contribution in [1.82, 2.24) is 4.98 Å². The van der Waals surface area contributed by atoms with Crippen LogP contribution in [0, 0.1) is 6.92 Å². The quantitative estimate of drug-likeness (QED) is 0.699. The highest BCUT2D eigenvalue weighted by Gasteiger charge is 2.16. The smallest absolute Gasteiger partial charge is 0.0904 e. The molecule has 1 nitrogen and oxygen atoms in total. The zero-order chi connectivity index (χ0) is 13.0. The SMILES string of the molecule is CCCCC(C)c1sc(C)nc1-c1ccccc1. The molecule has 0 radical (unpaired) electrons. The number of hydrogen-bond acceptors (Lipinski definition) is 2. The second kappa shape index (κ2) is 6.14. The van der Waals surface area contributed by atoms with Crippen molar-refractivity contribution in [3.05, 3.63) is 40.2 Å². The standard InChI is InChI=1S/C16H21NS/c1-4-5-9-12(2)16-15(17-13(3)18-16)14-10-7-6-8-11-14/h6-8,10-12H,4-5,9H2,1-3H3. The van der Waals surface area contributed by atoms with Crippen molar-refractivity contribution in [2.24, 2.45) is 0 Å². The summed E-state index contributed by atoms with van der Waals surface area (Å²) in [7, 11) is 0. The molecule has 2 rings (SSSR count). The Labute approximate surface area is 114 Å². The molecule has 2 aromatic rings. The number of aromatic nitrogens is 1. The van der Waals surface area contributed by atoms with Gasteiger partial charge in [-0.1, -0.05) is 57.0 Å². The second-order valence-corrected chi connectivity index (χ2v) is 6.09. The third kappa shape index (κ3) is 2.99. The molecule has 0 aliphatic carbocycles. The van der Waals surface area contributed by atoms with Crippen molar-refractivity contribution in [2.45, 2.75) is 46.0 Å². The Morgan fingerprint density at radius 3 is 2.61 bits per heavy atom. The molecule has 0 spiro atoms. The fourth-order valence-corrected chi connectivity index (χ4v) is 3.26. The van der Waals surface area contributed by atoms with Crippen molar-refractivity contribution < 1.29 is 0 Å². The van der Waals surface area contributed by atoms with Crippen LogP contribution in [0.3, 0.4) is 0 Å². The van der Waals surface area contributed by atoms with E-state index in [2.05, 4.69) is 51.1 Å². The van der Waals surface area contributed by atoms with Crippen LogP contribution in [0.15, 0.2) is 30.3 Å². The molecule has 0 amide bonds. The van der Waals surface area contributed by atoms with Gasteiger partial charge in [0.2, 0.25) is 0 Å². The molecular weight excluding hydrogens is 238 g/mol. The summed E-state index contributed by atoms with van der Waals surface area (Å²) in [6.45, 7) is 6.69. The van der Waals surface area contributed by atoms with Crippen LogP contribution in [0.5, 0.6) is 0 Å². The van der Waals surface area contributed by atoms with Gasteiger partial charge in [-0.3, -0.25) is 0 Å². The fraction of sp³-hybridized carbons (Fsp3) is 0.438. The minimum atomic E-state index is 0.617. The van der Waals surface area contributed by atoms with E-state index < -0.39 is 0 Å². The van der Waals surface area contributed by atoms with Gasteiger partial charge in [0.1, 0.15) is 0 Å². The molecule has 0 bridgehead atoms. The Morgan fingerprint density at radius 2 is 1.94 bits per heavy atom. The van der Waals surface area contributed by atoms with E-state index in [0.717, 1.165) is 0 Å². The summed E-state index contributed by atoms with van der Waals surface area (Å²) in [6.07, 6.45) is 3.83. The van der Waals surface area contributed by atoms with Crippen molar-refractivity contribution in [3.8, 4) is 11.3 Å². The Kier molecular flexibility index (Phi) is 4.54. The molecule has 0 fully saturated rings. The summed E-state index contributed by atoms with van der Waals surface area (Å²) >= 11 is 1.86. The van der Waals surface area contributed by atoms with Gasteiger partial charge in [0.25, 0.3) is 0 Å². The first-order chi connectivity index (χ1) is 8.72. The molecule has 0 saturated heterocycles. The van der Waals surface area contributed by atoms with Gasteiger partial charge in [0.05, 0.1) is 10.7 Å². The lowest BCUT2D eigenvalue weighted by molar-refractivity contribution is 0.632. The molecule has 96 valence electrons. The summed E-state index contributed by atoms with van der Waals surface area (Å²) in [4.78, 5) is 6.18. The highest BCUT2D eigenvalue weighted by Crippen LogP contribution is 2.35. The predicted molar refractivity (Wildman–Crippen MR) is 80.2 cm³/mol. The maximum Gasteiger partial charge on any atom is 0.0904 e. The molecule has 0 saturated carbocycles. The van der Waals surface area contributed by atoms with Crippen LogP contribution in [0.1, 0.15) is 48.9 Å². The average molecular weight is 259 g/mol. The molecule has 2 heteroatoms. The fourth-order valence-electron chi connectivity index (χ4n) is 2.22. The van der Waals surface area contributed by atoms with E-state index in [4.69, 9.17) is 4.98 Å². The average Bonchev–Trinajstić information content (AvgIpc) is 2.79. The lowest BCUT2D eigenvalue weighted by Gasteiger charge is -2.10. The number of hydrogen-bond donors (Lipinski definition) is 0. The Morgan fingerprint density at radius 1 is 1.22 bits per heavy atom. The molecule has 1 aromatic carbocycles. The van der Waals surface area contributed by atoms with Gasteiger partial charge >= 0.3 is 0 Å². The molecule has 0 N–H and O–H groups in total. The van der Waals surface area contributed by atoms with E-state index in [0.29, 0.717) is 5.92 Å². The summed E-state index contributed by atoms with van der Waals surface area (Å²) in [6, 6.07) is 10.5. The van der Waals surface area contributed by atoms with E-state index in [1.807, 2.05) is 11.3 Å². The summed E-state index contributed by atoms with van der Waals surface area (Å²) in [5.74, 6) is 0.617. The minimum absolute atomic E-state index is 0.617. The third-order valence-electron chi connectivity index (χ3n) is 3.25. The number of benzene rings is 1. The zero-order valence-electron chi connectivity index (χ0n) is 11.4. The van der Waals surface area contributed by atoms with Gasteiger partial charge in [0, 0.05) is 10.4 Å².